The van der Waals surface area contributed by atoms with E-state index in [2.05, 4.69) is 5.32 Å². The normalized spacial score (nSPS) is 13.4. The van der Waals surface area contributed by atoms with E-state index in [0.717, 1.165) is 19.3 Å². The number of carbonyl (C=O) groups is 1. The molecule has 0 aromatic rings. The number of amides is 1. The lowest BCUT2D eigenvalue weighted by Gasteiger charge is -2.10. The highest BCUT2D eigenvalue weighted by Gasteiger charge is 2.18. The molecule has 0 aliphatic rings. The van der Waals surface area contributed by atoms with E-state index < -0.39 is 21.8 Å². The van der Waals surface area contributed by atoms with Crippen molar-refractivity contribution in [1.29, 1.82) is 0 Å². The van der Waals surface area contributed by atoms with Crippen LogP contribution in [0.15, 0.2) is 0 Å². The van der Waals surface area contributed by atoms with Gasteiger partial charge >= 0.3 is 0 Å². The maximum absolute atomic E-state index is 11.3. The van der Waals surface area contributed by atoms with Crippen LogP contribution in [-0.2, 0) is 14.9 Å². The van der Waals surface area contributed by atoms with E-state index in [1.807, 2.05) is 0 Å². The highest BCUT2D eigenvalue weighted by molar-refractivity contribution is 7.85. The number of unbranched alkanes of at least 4 members (excludes halogenated alkanes) is 2. The first-order valence-electron chi connectivity index (χ1n) is 5.29. The van der Waals surface area contributed by atoms with Crippen LogP contribution < -0.4 is 11.1 Å². The molecule has 1 atom stereocenters. The fourth-order valence-corrected chi connectivity index (χ4v) is 2.01. The van der Waals surface area contributed by atoms with Crippen LogP contribution in [0.2, 0.25) is 0 Å². The average molecular weight is 252 g/mol. The van der Waals surface area contributed by atoms with Crippen LogP contribution in [0.4, 0.5) is 0 Å². The summed E-state index contributed by atoms with van der Waals surface area (Å²) in [7, 11) is -4.08. The maximum atomic E-state index is 11.3. The van der Waals surface area contributed by atoms with Gasteiger partial charge in [0.1, 0.15) is 0 Å². The van der Waals surface area contributed by atoms with E-state index in [1.54, 1.807) is 0 Å². The van der Waals surface area contributed by atoms with Crippen molar-refractivity contribution in [1.82, 2.24) is 5.32 Å². The Morgan fingerprint density at radius 2 is 2.00 bits per heavy atom. The van der Waals surface area contributed by atoms with E-state index >= 15 is 0 Å². The molecule has 0 bridgehead atoms. The zero-order valence-corrected chi connectivity index (χ0v) is 10.3. The Kier molecular flexibility index (Phi) is 7.27. The number of hydrogen-bond acceptors (Lipinski definition) is 4. The molecule has 0 aromatic heterocycles. The van der Waals surface area contributed by atoms with E-state index in [4.69, 9.17) is 10.3 Å². The monoisotopic (exact) mass is 252 g/mol. The van der Waals surface area contributed by atoms with Crippen molar-refractivity contribution in [3.8, 4) is 0 Å². The number of nitrogens with one attached hydrogen (secondary N) is 1. The summed E-state index contributed by atoms with van der Waals surface area (Å²) in [5, 5.41) is 2.61. The smallest absolute Gasteiger partial charge is 0.265 e. The van der Waals surface area contributed by atoms with Crippen LogP contribution in [0.5, 0.6) is 0 Å². The highest BCUT2D eigenvalue weighted by Crippen LogP contribution is 2.00. The Balaban J connectivity index is 3.72. The summed E-state index contributed by atoms with van der Waals surface area (Å²) in [4.78, 5) is 11.3. The summed E-state index contributed by atoms with van der Waals surface area (Å²) in [5.74, 6) is -1.63. The molecule has 0 rings (SSSR count). The Hall–Kier alpha value is -0.660. The van der Waals surface area contributed by atoms with E-state index in [-0.39, 0.29) is 5.91 Å². The van der Waals surface area contributed by atoms with Gasteiger partial charge in [0.2, 0.25) is 5.91 Å². The molecular weight excluding hydrogens is 232 g/mol. The molecule has 6 nitrogen and oxygen atoms in total. The summed E-state index contributed by atoms with van der Waals surface area (Å²) in [5.41, 5.74) is 5.31. The molecule has 96 valence electrons. The number of nitrogens with two attached hydrogens (primary N) is 1. The topological polar surface area (TPSA) is 109 Å². The Morgan fingerprint density at radius 3 is 2.50 bits per heavy atom. The minimum atomic E-state index is -4.08. The van der Waals surface area contributed by atoms with Gasteiger partial charge in [0, 0.05) is 6.54 Å². The first-order chi connectivity index (χ1) is 7.37. The molecule has 0 heterocycles. The van der Waals surface area contributed by atoms with E-state index in [1.165, 1.54) is 6.92 Å². The SMILES string of the molecule is CC(CS(=O)(=O)O)C(=O)NCCCCCN. The van der Waals surface area contributed by atoms with Crippen molar-refractivity contribution in [3.63, 3.8) is 0 Å². The molecule has 0 aliphatic heterocycles. The van der Waals surface area contributed by atoms with Gasteiger partial charge in [0.05, 0.1) is 11.7 Å². The highest BCUT2D eigenvalue weighted by atomic mass is 32.2. The molecule has 0 radical (unpaired) electrons. The summed E-state index contributed by atoms with van der Waals surface area (Å²) in [6, 6.07) is 0. The van der Waals surface area contributed by atoms with Crippen molar-refractivity contribution in [3.05, 3.63) is 0 Å². The van der Waals surface area contributed by atoms with Gasteiger partial charge < -0.3 is 11.1 Å². The number of hydrogen-bond donors (Lipinski definition) is 3. The molecule has 1 unspecified atom stereocenters. The third kappa shape index (κ3) is 8.63. The first kappa shape index (κ1) is 15.3. The molecule has 0 aliphatic carbocycles. The lowest BCUT2D eigenvalue weighted by Crippen LogP contribution is -2.33. The van der Waals surface area contributed by atoms with Crippen molar-refractivity contribution < 1.29 is 17.8 Å². The number of carbonyl (C=O) groups excluding carboxylic acids is 1. The van der Waals surface area contributed by atoms with Gasteiger partial charge in [0.15, 0.2) is 0 Å². The van der Waals surface area contributed by atoms with Crippen LogP contribution in [-0.4, -0.2) is 37.7 Å². The summed E-state index contributed by atoms with van der Waals surface area (Å²) < 4.78 is 29.6. The second-order valence-electron chi connectivity index (χ2n) is 3.79. The lowest BCUT2D eigenvalue weighted by molar-refractivity contribution is -0.123. The van der Waals surface area contributed by atoms with Crippen LogP contribution >= 0.6 is 0 Å². The molecule has 0 fully saturated rings. The van der Waals surface area contributed by atoms with Gasteiger partial charge in [-0.05, 0) is 19.4 Å². The maximum Gasteiger partial charge on any atom is 0.265 e. The van der Waals surface area contributed by atoms with Crippen LogP contribution in [0, 0.1) is 5.92 Å². The first-order valence-corrected chi connectivity index (χ1v) is 6.90. The third-order valence-electron chi connectivity index (χ3n) is 2.09. The molecule has 0 spiro atoms. The molecular formula is C9H20N2O4S. The van der Waals surface area contributed by atoms with Gasteiger partial charge in [-0.2, -0.15) is 8.42 Å². The quantitative estimate of drug-likeness (QED) is 0.408. The minimum Gasteiger partial charge on any atom is -0.356 e. The van der Waals surface area contributed by atoms with Crippen molar-refractivity contribution in [2.45, 2.75) is 26.2 Å². The fraction of sp³-hybridized carbons (Fsp3) is 0.889. The van der Waals surface area contributed by atoms with Crippen LogP contribution in [0.25, 0.3) is 0 Å². The predicted molar refractivity (Wildman–Crippen MR) is 61.5 cm³/mol. The standard InChI is InChI=1S/C9H20N2O4S/c1-8(7-16(13,14)15)9(12)11-6-4-2-3-5-10/h8H,2-7,10H2,1H3,(H,11,12)(H,13,14,15). The van der Waals surface area contributed by atoms with E-state index in [9.17, 15) is 13.2 Å². The molecule has 1 amide bonds. The second kappa shape index (κ2) is 7.59. The molecule has 16 heavy (non-hydrogen) atoms. The third-order valence-corrected chi connectivity index (χ3v) is 3.01. The Labute approximate surface area is 96.3 Å². The van der Waals surface area contributed by atoms with Gasteiger partial charge in [-0.15, -0.1) is 0 Å². The minimum absolute atomic E-state index is 0.356. The molecule has 0 saturated carbocycles. The zero-order valence-electron chi connectivity index (χ0n) is 9.48. The Bertz CT molecular complexity index is 303. The second-order valence-corrected chi connectivity index (χ2v) is 5.29. The average Bonchev–Trinajstić information content (AvgIpc) is 2.14. The van der Waals surface area contributed by atoms with Crippen LogP contribution in [0.1, 0.15) is 26.2 Å². The molecule has 0 saturated heterocycles. The largest absolute Gasteiger partial charge is 0.356 e. The van der Waals surface area contributed by atoms with E-state index in [0.29, 0.717) is 13.1 Å². The summed E-state index contributed by atoms with van der Waals surface area (Å²) >= 11 is 0. The van der Waals surface area contributed by atoms with Crippen LogP contribution in [0.3, 0.4) is 0 Å². The summed E-state index contributed by atoms with van der Waals surface area (Å²) in [6.45, 7) is 2.60. The molecule has 4 N–H and O–H groups in total. The zero-order chi connectivity index (χ0) is 12.6. The van der Waals surface area contributed by atoms with Crippen molar-refractivity contribution >= 4 is 16.0 Å². The Morgan fingerprint density at radius 1 is 1.38 bits per heavy atom. The van der Waals surface area contributed by atoms with Crippen molar-refractivity contribution in [2.24, 2.45) is 11.7 Å². The van der Waals surface area contributed by atoms with Gasteiger partial charge in [0.25, 0.3) is 10.1 Å². The number of rotatable bonds is 8. The summed E-state index contributed by atoms with van der Waals surface area (Å²) in [6.07, 6.45) is 2.67. The van der Waals surface area contributed by atoms with Crippen molar-refractivity contribution in [2.75, 3.05) is 18.8 Å². The van der Waals surface area contributed by atoms with Gasteiger partial charge in [-0.1, -0.05) is 13.3 Å². The molecule has 0 aromatic carbocycles. The fourth-order valence-electron chi connectivity index (χ4n) is 1.22. The van der Waals surface area contributed by atoms with Gasteiger partial charge in [-0.25, -0.2) is 0 Å². The molecule has 7 heteroatoms. The lowest BCUT2D eigenvalue weighted by atomic mass is 10.2. The van der Waals surface area contributed by atoms with Gasteiger partial charge in [-0.3, -0.25) is 9.35 Å². The predicted octanol–water partition coefficient (Wildman–Crippen LogP) is -0.244.